The van der Waals surface area contributed by atoms with Gasteiger partial charge in [0.15, 0.2) is 21.3 Å². The molecule has 0 fully saturated rings. The van der Waals surface area contributed by atoms with Crippen molar-refractivity contribution in [1.82, 2.24) is 0 Å². The minimum atomic E-state index is -3.37. The molecule has 0 saturated heterocycles. The van der Waals surface area contributed by atoms with Gasteiger partial charge >= 0.3 is 0 Å². The summed E-state index contributed by atoms with van der Waals surface area (Å²) in [5.41, 5.74) is 0.0669. The van der Waals surface area contributed by atoms with Gasteiger partial charge in [0.1, 0.15) is 5.82 Å². The molecule has 108 valence electrons. The van der Waals surface area contributed by atoms with E-state index in [-0.39, 0.29) is 11.3 Å². The Morgan fingerprint density at radius 1 is 1.21 bits per heavy atom. The van der Waals surface area contributed by atoms with E-state index in [4.69, 9.17) is 21.1 Å². The van der Waals surface area contributed by atoms with Crippen molar-refractivity contribution in [3.63, 3.8) is 0 Å². The molecule has 0 aliphatic heterocycles. The summed E-state index contributed by atoms with van der Waals surface area (Å²) in [4.78, 5) is 0. The summed E-state index contributed by atoms with van der Waals surface area (Å²) in [6.45, 7) is 1.43. The minimum Gasteiger partial charge on any atom is -0.493 e. The van der Waals surface area contributed by atoms with Crippen molar-refractivity contribution >= 4 is 21.4 Å². The second-order valence-corrected chi connectivity index (χ2v) is 7.04. The quantitative estimate of drug-likeness (QED) is 0.784. The molecule has 7 heteroatoms. The molecule has 0 aromatic heterocycles. The lowest BCUT2D eigenvalue weighted by molar-refractivity contribution is 0.351. The molecular weight excluding hydrogens is 295 g/mol. The summed E-state index contributed by atoms with van der Waals surface area (Å²) < 4.78 is 46.9. The molecule has 2 atom stereocenters. The first kappa shape index (κ1) is 16.0. The van der Waals surface area contributed by atoms with Crippen LogP contribution in [0.25, 0.3) is 0 Å². The highest BCUT2D eigenvalue weighted by Gasteiger charge is 2.28. The molecule has 1 rings (SSSR count). The van der Waals surface area contributed by atoms with Crippen LogP contribution in [0.4, 0.5) is 4.39 Å². The van der Waals surface area contributed by atoms with Crippen LogP contribution in [0, 0.1) is 5.82 Å². The maximum Gasteiger partial charge on any atom is 0.163 e. The first-order valence-electron chi connectivity index (χ1n) is 5.46. The van der Waals surface area contributed by atoms with Gasteiger partial charge in [-0.1, -0.05) is 0 Å². The molecule has 0 saturated carbocycles. The third-order valence-corrected chi connectivity index (χ3v) is 5.27. The van der Waals surface area contributed by atoms with Crippen molar-refractivity contribution in [2.75, 3.05) is 20.5 Å². The molecule has 4 nitrogen and oxygen atoms in total. The number of hydrogen-bond acceptors (Lipinski definition) is 4. The van der Waals surface area contributed by atoms with Gasteiger partial charge in [-0.05, 0) is 13.0 Å². The Kier molecular flexibility index (Phi) is 5.04. The highest BCUT2D eigenvalue weighted by molar-refractivity contribution is 7.91. The molecule has 1 aromatic carbocycles. The Balaban J connectivity index is 3.28. The Bertz CT molecular complexity index is 559. The predicted molar refractivity (Wildman–Crippen MR) is 72.4 cm³/mol. The normalized spacial score (nSPS) is 14.8. The second kappa shape index (κ2) is 5.96. The van der Waals surface area contributed by atoms with E-state index in [1.54, 1.807) is 0 Å². The van der Waals surface area contributed by atoms with E-state index >= 15 is 0 Å². The molecule has 0 radical (unpaired) electrons. The van der Waals surface area contributed by atoms with E-state index in [2.05, 4.69) is 0 Å². The van der Waals surface area contributed by atoms with Crippen LogP contribution in [0.1, 0.15) is 17.9 Å². The van der Waals surface area contributed by atoms with E-state index in [1.165, 1.54) is 27.2 Å². The van der Waals surface area contributed by atoms with Gasteiger partial charge < -0.3 is 9.47 Å². The summed E-state index contributed by atoms with van der Waals surface area (Å²) in [5.74, 6) is -0.113. The molecule has 19 heavy (non-hydrogen) atoms. The molecule has 1 aromatic rings. The Morgan fingerprint density at radius 3 is 2.11 bits per heavy atom. The van der Waals surface area contributed by atoms with E-state index in [9.17, 15) is 12.8 Å². The van der Waals surface area contributed by atoms with Crippen molar-refractivity contribution in [1.29, 1.82) is 0 Å². The number of ether oxygens (including phenoxy) is 2. The van der Waals surface area contributed by atoms with Crippen LogP contribution in [0.5, 0.6) is 11.5 Å². The fraction of sp³-hybridized carbons (Fsp3) is 0.500. The first-order valence-corrected chi connectivity index (χ1v) is 7.85. The number of hydrogen-bond donors (Lipinski definition) is 0. The highest BCUT2D eigenvalue weighted by Crippen LogP contribution is 2.37. The smallest absolute Gasteiger partial charge is 0.163 e. The number of rotatable bonds is 5. The number of alkyl halides is 1. The van der Waals surface area contributed by atoms with Crippen molar-refractivity contribution in [3.8, 4) is 11.5 Å². The monoisotopic (exact) mass is 310 g/mol. The minimum absolute atomic E-state index is 0.0669. The van der Waals surface area contributed by atoms with E-state index in [1.807, 2.05) is 0 Å². The topological polar surface area (TPSA) is 52.6 Å². The zero-order valence-electron chi connectivity index (χ0n) is 11.1. The highest BCUT2D eigenvalue weighted by atomic mass is 35.5. The Hall–Kier alpha value is -1.01. The lowest BCUT2D eigenvalue weighted by Gasteiger charge is -2.19. The van der Waals surface area contributed by atoms with Gasteiger partial charge in [-0.3, -0.25) is 0 Å². The van der Waals surface area contributed by atoms with Crippen molar-refractivity contribution in [3.05, 3.63) is 23.5 Å². The van der Waals surface area contributed by atoms with Crippen LogP contribution in [-0.4, -0.2) is 34.1 Å². The maximum atomic E-state index is 13.9. The largest absolute Gasteiger partial charge is 0.493 e. The average Bonchev–Trinajstić information content (AvgIpc) is 2.35. The van der Waals surface area contributed by atoms with Gasteiger partial charge in [0.2, 0.25) is 0 Å². The number of halogens is 2. The molecular formula is C12H16ClFO4S. The lowest BCUT2D eigenvalue weighted by atomic mass is 10.1. The summed E-state index contributed by atoms with van der Waals surface area (Å²) in [6.07, 6.45) is 1.06. The van der Waals surface area contributed by atoms with Gasteiger partial charge in [0.05, 0.1) is 24.8 Å². The van der Waals surface area contributed by atoms with Gasteiger partial charge in [0, 0.05) is 17.9 Å². The molecule has 0 aliphatic rings. The molecule has 2 unspecified atom stereocenters. The van der Waals surface area contributed by atoms with Crippen molar-refractivity contribution < 1.29 is 22.3 Å². The third-order valence-electron chi connectivity index (χ3n) is 2.89. The summed E-state index contributed by atoms with van der Waals surface area (Å²) in [6, 6.07) is 2.48. The Morgan fingerprint density at radius 2 is 1.68 bits per heavy atom. The van der Waals surface area contributed by atoms with E-state index in [0.717, 1.165) is 12.3 Å². The van der Waals surface area contributed by atoms with Crippen LogP contribution in [0.3, 0.4) is 0 Å². The fourth-order valence-corrected chi connectivity index (χ4v) is 2.86. The number of sulfone groups is 1. The molecule has 0 amide bonds. The third kappa shape index (κ3) is 3.51. The summed E-state index contributed by atoms with van der Waals surface area (Å²) in [7, 11) is -0.584. The Labute approximate surface area is 117 Å². The fourth-order valence-electron chi connectivity index (χ4n) is 1.55. The number of benzene rings is 1. The average molecular weight is 311 g/mol. The van der Waals surface area contributed by atoms with Crippen LogP contribution in [0.2, 0.25) is 0 Å². The standard InChI is InChI=1S/C12H16ClFO4S/c1-7(19(4,15)16)12(13)8-5-10(17-2)11(18-3)6-9(8)14/h5-7,12H,1-4H3. The summed E-state index contributed by atoms with van der Waals surface area (Å²) in [5, 5.41) is -1.92. The van der Waals surface area contributed by atoms with Crippen molar-refractivity contribution in [2.45, 2.75) is 17.6 Å². The first-order chi connectivity index (χ1) is 8.72. The van der Waals surface area contributed by atoms with Gasteiger partial charge in [-0.15, -0.1) is 11.6 Å². The van der Waals surface area contributed by atoms with Crippen LogP contribution in [0.15, 0.2) is 12.1 Å². The van der Waals surface area contributed by atoms with E-state index < -0.39 is 26.3 Å². The molecule has 0 bridgehead atoms. The van der Waals surface area contributed by atoms with Crippen LogP contribution >= 0.6 is 11.6 Å². The predicted octanol–water partition coefficient (Wildman–Crippen LogP) is 2.56. The maximum absolute atomic E-state index is 13.9. The van der Waals surface area contributed by atoms with Gasteiger partial charge in [-0.2, -0.15) is 0 Å². The molecule has 0 spiro atoms. The van der Waals surface area contributed by atoms with Crippen LogP contribution in [-0.2, 0) is 9.84 Å². The lowest BCUT2D eigenvalue weighted by Crippen LogP contribution is -2.22. The van der Waals surface area contributed by atoms with Crippen LogP contribution < -0.4 is 9.47 Å². The van der Waals surface area contributed by atoms with Gasteiger partial charge in [0.25, 0.3) is 0 Å². The second-order valence-electron chi connectivity index (χ2n) is 4.17. The SMILES string of the molecule is COc1cc(F)c(C(Cl)C(C)S(C)(=O)=O)cc1OC. The molecule has 0 heterocycles. The molecule has 0 aliphatic carbocycles. The zero-order chi connectivity index (χ0) is 14.8. The van der Waals surface area contributed by atoms with Crippen molar-refractivity contribution in [2.24, 2.45) is 0 Å². The number of methoxy groups -OCH3 is 2. The summed E-state index contributed by atoms with van der Waals surface area (Å²) >= 11 is 6.06. The molecule has 0 N–H and O–H groups in total. The zero-order valence-corrected chi connectivity index (χ0v) is 12.7. The van der Waals surface area contributed by atoms with E-state index in [0.29, 0.717) is 5.75 Å². The van der Waals surface area contributed by atoms with Gasteiger partial charge in [-0.25, -0.2) is 12.8 Å².